The Bertz CT molecular complexity index is 987. The summed E-state index contributed by atoms with van der Waals surface area (Å²) < 4.78 is 5.46. The van der Waals surface area contributed by atoms with Crippen LogP contribution in [0, 0.1) is 29.1 Å². The summed E-state index contributed by atoms with van der Waals surface area (Å²) in [5.74, 6) is 2.16. The van der Waals surface area contributed by atoms with Crippen LogP contribution >= 0.6 is 0 Å². The van der Waals surface area contributed by atoms with Gasteiger partial charge in [0.15, 0.2) is 5.78 Å². The zero-order valence-corrected chi connectivity index (χ0v) is 19.1. The van der Waals surface area contributed by atoms with Gasteiger partial charge in [0.2, 0.25) is 0 Å². The van der Waals surface area contributed by atoms with E-state index < -0.39 is 0 Å². The van der Waals surface area contributed by atoms with Crippen molar-refractivity contribution in [3.8, 4) is 11.8 Å². The van der Waals surface area contributed by atoms with Crippen LogP contribution in [0.1, 0.15) is 61.9 Å². The number of carbonyl (C=O) groups is 1. The van der Waals surface area contributed by atoms with Crippen LogP contribution < -0.4 is 4.74 Å². The molecule has 4 rings (SSSR count). The van der Waals surface area contributed by atoms with Gasteiger partial charge in [0.25, 0.3) is 0 Å². The van der Waals surface area contributed by atoms with Crippen LogP contribution in [0.2, 0.25) is 0 Å². The summed E-state index contributed by atoms with van der Waals surface area (Å²) in [5.41, 5.74) is 1.70. The molecule has 164 valence electrons. The van der Waals surface area contributed by atoms with Gasteiger partial charge in [-0.1, -0.05) is 38.5 Å². The molecule has 2 aromatic carbocycles. The molecule has 0 radical (unpaired) electrons. The standard InChI is InChI=1S/C27H34N2O2/c1-18(2)15-20-12-14-29(22-5-4-6-22)17-25(20)27(30)21-7-9-23-19(16-21)8-10-26(31-3)24(23)11-13-28/h7-10,16,18,20,22,25H,4-6,11-12,14-15,17H2,1-3H3/t20-,25-/m0/s1. The van der Waals surface area contributed by atoms with E-state index in [-0.39, 0.29) is 11.7 Å². The topological polar surface area (TPSA) is 53.3 Å². The Labute approximate surface area is 186 Å². The third kappa shape index (κ3) is 4.48. The molecule has 0 spiro atoms. The Morgan fingerprint density at radius 2 is 2.03 bits per heavy atom. The number of nitriles is 1. The fourth-order valence-electron chi connectivity index (χ4n) is 5.49. The number of piperidine rings is 1. The quantitative estimate of drug-likeness (QED) is 0.547. The fourth-order valence-corrected chi connectivity index (χ4v) is 5.49. The maximum absolute atomic E-state index is 13.7. The first-order valence-corrected chi connectivity index (χ1v) is 11.8. The highest BCUT2D eigenvalue weighted by atomic mass is 16.5. The highest BCUT2D eigenvalue weighted by Crippen LogP contribution is 2.37. The molecule has 2 aliphatic rings. The van der Waals surface area contributed by atoms with Crippen molar-refractivity contribution in [2.24, 2.45) is 17.8 Å². The highest BCUT2D eigenvalue weighted by Gasteiger charge is 2.38. The molecule has 2 atom stereocenters. The third-order valence-electron chi connectivity index (χ3n) is 7.34. The van der Waals surface area contributed by atoms with Crippen molar-refractivity contribution in [3.63, 3.8) is 0 Å². The smallest absolute Gasteiger partial charge is 0.167 e. The number of hydrogen-bond donors (Lipinski definition) is 0. The molecular weight excluding hydrogens is 384 g/mol. The molecule has 0 unspecified atom stereocenters. The summed E-state index contributed by atoms with van der Waals surface area (Å²) >= 11 is 0. The van der Waals surface area contributed by atoms with E-state index in [1.165, 1.54) is 19.3 Å². The van der Waals surface area contributed by atoms with Gasteiger partial charge in [-0.15, -0.1) is 0 Å². The zero-order chi connectivity index (χ0) is 22.0. The predicted molar refractivity (Wildman–Crippen MR) is 124 cm³/mol. The first-order valence-electron chi connectivity index (χ1n) is 11.8. The second-order valence-electron chi connectivity index (χ2n) is 9.75. The van der Waals surface area contributed by atoms with E-state index in [0.29, 0.717) is 24.3 Å². The molecule has 0 aromatic heterocycles. The summed E-state index contributed by atoms with van der Waals surface area (Å²) in [7, 11) is 1.63. The maximum Gasteiger partial charge on any atom is 0.167 e. The number of ether oxygens (including phenoxy) is 1. The summed E-state index contributed by atoms with van der Waals surface area (Å²) in [4.78, 5) is 16.3. The Hall–Kier alpha value is -2.38. The molecule has 2 fully saturated rings. The van der Waals surface area contributed by atoms with Crippen LogP contribution in [-0.4, -0.2) is 36.9 Å². The number of likely N-dealkylation sites (tertiary alicyclic amines) is 1. The summed E-state index contributed by atoms with van der Waals surface area (Å²) in [6.45, 7) is 6.57. The van der Waals surface area contributed by atoms with Crippen molar-refractivity contribution in [1.29, 1.82) is 5.26 Å². The second-order valence-corrected chi connectivity index (χ2v) is 9.75. The molecule has 1 heterocycles. The zero-order valence-electron chi connectivity index (χ0n) is 19.1. The molecule has 31 heavy (non-hydrogen) atoms. The predicted octanol–water partition coefficient (Wildman–Crippen LogP) is 5.63. The van der Waals surface area contributed by atoms with E-state index in [2.05, 4.69) is 24.8 Å². The van der Waals surface area contributed by atoms with Gasteiger partial charge in [-0.05, 0) is 67.0 Å². The summed E-state index contributed by atoms with van der Waals surface area (Å²) in [5, 5.41) is 11.2. The Kier molecular flexibility index (Phi) is 6.62. The minimum atomic E-state index is 0.0750. The van der Waals surface area contributed by atoms with Crippen molar-refractivity contribution in [2.45, 2.75) is 58.4 Å². The largest absolute Gasteiger partial charge is 0.496 e. The Morgan fingerprint density at radius 1 is 1.23 bits per heavy atom. The minimum absolute atomic E-state index is 0.0750. The second kappa shape index (κ2) is 9.40. The normalized spacial score (nSPS) is 22.3. The number of benzene rings is 2. The Morgan fingerprint density at radius 3 is 2.68 bits per heavy atom. The molecule has 4 heteroatoms. The first-order chi connectivity index (χ1) is 15.0. The average molecular weight is 419 g/mol. The first kappa shape index (κ1) is 21.8. The van der Waals surface area contributed by atoms with Crippen LogP contribution in [-0.2, 0) is 6.42 Å². The number of nitrogens with zero attached hydrogens (tertiary/aromatic N) is 2. The van der Waals surface area contributed by atoms with Crippen LogP contribution in [0.15, 0.2) is 30.3 Å². The summed E-state index contributed by atoms with van der Waals surface area (Å²) in [6.07, 6.45) is 6.44. The Balaban J connectivity index is 1.64. The molecule has 0 amide bonds. The number of Topliss-reactive ketones (excluding diaryl/α,β-unsaturated/α-hetero) is 1. The number of fused-ring (bicyclic) bond motifs is 1. The van der Waals surface area contributed by atoms with Gasteiger partial charge >= 0.3 is 0 Å². The van der Waals surface area contributed by atoms with Crippen LogP contribution in [0.5, 0.6) is 5.75 Å². The number of carbonyl (C=O) groups excluding carboxylic acids is 1. The minimum Gasteiger partial charge on any atom is -0.496 e. The van der Waals surface area contributed by atoms with Gasteiger partial charge in [-0.25, -0.2) is 0 Å². The molecule has 1 aliphatic heterocycles. The number of hydrogen-bond acceptors (Lipinski definition) is 4. The van der Waals surface area contributed by atoms with E-state index >= 15 is 0 Å². The van der Waals surface area contributed by atoms with Crippen molar-refractivity contribution in [3.05, 3.63) is 41.5 Å². The third-order valence-corrected chi connectivity index (χ3v) is 7.34. The molecule has 1 saturated carbocycles. The number of rotatable bonds is 7. The fraction of sp³-hybridized carbons (Fsp3) is 0.556. The van der Waals surface area contributed by atoms with E-state index in [4.69, 9.17) is 4.74 Å². The van der Waals surface area contributed by atoms with E-state index in [9.17, 15) is 10.1 Å². The van der Waals surface area contributed by atoms with Crippen molar-refractivity contribution in [2.75, 3.05) is 20.2 Å². The maximum atomic E-state index is 13.7. The lowest BCUT2D eigenvalue weighted by Crippen LogP contribution is -2.50. The van der Waals surface area contributed by atoms with Gasteiger partial charge in [0.1, 0.15) is 5.75 Å². The van der Waals surface area contributed by atoms with Gasteiger partial charge in [0.05, 0.1) is 19.6 Å². The lowest BCUT2D eigenvalue weighted by Gasteiger charge is -2.45. The van der Waals surface area contributed by atoms with Crippen molar-refractivity contribution in [1.82, 2.24) is 4.90 Å². The average Bonchev–Trinajstić information content (AvgIpc) is 2.72. The molecule has 1 saturated heterocycles. The molecule has 2 aromatic rings. The molecule has 1 aliphatic carbocycles. The van der Waals surface area contributed by atoms with E-state index in [0.717, 1.165) is 53.6 Å². The highest BCUT2D eigenvalue weighted by molar-refractivity contribution is 6.02. The lowest BCUT2D eigenvalue weighted by atomic mass is 9.75. The van der Waals surface area contributed by atoms with Crippen molar-refractivity contribution < 1.29 is 9.53 Å². The van der Waals surface area contributed by atoms with E-state index in [1.807, 2.05) is 30.3 Å². The van der Waals surface area contributed by atoms with Crippen LogP contribution in [0.25, 0.3) is 10.8 Å². The molecule has 0 N–H and O–H groups in total. The summed E-state index contributed by atoms with van der Waals surface area (Å²) in [6, 6.07) is 12.8. The van der Waals surface area contributed by atoms with Crippen molar-refractivity contribution >= 4 is 16.6 Å². The van der Waals surface area contributed by atoms with Crippen LogP contribution in [0.3, 0.4) is 0 Å². The van der Waals surface area contributed by atoms with Gasteiger partial charge in [-0.2, -0.15) is 5.26 Å². The molecule has 4 nitrogen and oxygen atoms in total. The monoisotopic (exact) mass is 418 g/mol. The van der Waals surface area contributed by atoms with Gasteiger partial charge in [0, 0.05) is 29.6 Å². The van der Waals surface area contributed by atoms with Gasteiger partial charge in [-0.3, -0.25) is 9.69 Å². The van der Waals surface area contributed by atoms with Crippen LogP contribution in [0.4, 0.5) is 0 Å². The molecule has 0 bridgehead atoms. The number of ketones is 1. The lowest BCUT2D eigenvalue weighted by molar-refractivity contribution is 0.0365. The SMILES string of the molecule is COc1ccc2cc(C(=O)[C@H]3CN(C4CCC4)CC[C@H]3CC(C)C)ccc2c1CC#N. The number of methoxy groups -OCH3 is 1. The van der Waals surface area contributed by atoms with E-state index in [1.54, 1.807) is 7.11 Å². The van der Waals surface area contributed by atoms with Gasteiger partial charge < -0.3 is 4.74 Å². The molecular formula is C27H34N2O2.